The molecule has 2 saturated heterocycles. The first-order valence-electron chi connectivity index (χ1n) is 9.63. The Labute approximate surface area is 150 Å². The summed E-state index contributed by atoms with van der Waals surface area (Å²) in [7, 11) is 0. The van der Waals surface area contributed by atoms with Gasteiger partial charge in [-0.05, 0) is 55.3 Å². The van der Waals surface area contributed by atoms with E-state index in [-0.39, 0.29) is 12.5 Å². The number of hydrogen-bond acceptors (Lipinski definition) is 3. The van der Waals surface area contributed by atoms with Gasteiger partial charge in [0.25, 0.3) is 0 Å². The molecule has 0 aromatic heterocycles. The monoisotopic (exact) mass is 340 g/mol. The zero-order valence-corrected chi connectivity index (χ0v) is 14.8. The van der Waals surface area contributed by atoms with Crippen molar-refractivity contribution in [2.24, 2.45) is 11.8 Å². The smallest absolute Gasteiger partial charge is 0.248 e. The molecule has 1 aliphatic carbocycles. The molecule has 0 saturated carbocycles. The molecule has 2 heterocycles. The molecule has 4 nitrogen and oxygen atoms in total. The van der Waals surface area contributed by atoms with E-state index < -0.39 is 0 Å². The zero-order valence-electron chi connectivity index (χ0n) is 14.8. The first-order chi connectivity index (χ1) is 12.2. The van der Waals surface area contributed by atoms with E-state index in [9.17, 15) is 4.79 Å². The summed E-state index contributed by atoms with van der Waals surface area (Å²) >= 11 is 0. The number of nitrogens with zero attached hydrogens (tertiary/aromatic N) is 2. The molecular weight excluding hydrogens is 312 g/mol. The molecule has 3 unspecified atom stereocenters. The Morgan fingerprint density at radius 2 is 1.84 bits per heavy atom. The fraction of sp³-hybridized carbons (Fsp3) is 0.571. The third-order valence-electron chi connectivity index (χ3n) is 6.21. The standard InChI is InChI=1S/C21H28N2O2/c24-15-21(25)23-13-18-7-8-19(20(18)14-23)17-5-3-16(4-6-17)9-12-22-10-1-2-11-22/h3-8,18-20,24H,1-2,9-15H2. The molecule has 25 heavy (non-hydrogen) atoms. The molecule has 0 radical (unpaired) electrons. The SMILES string of the molecule is O=C(CO)N1CC2C=CC(c3ccc(CCN4CCCC4)cc3)C2C1. The number of aliphatic hydroxyl groups excluding tert-OH is 1. The van der Waals surface area contributed by atoms with Gasteiger partial charge in [-0.1, -0.05) is 36.4 Å². The highest BCUT2D eigenvalue weighted by Gasteiger charge is 2.41. The molecule has 4 heteroatoms. The van der Waals surface area contributed by atoms with E-state index in [4.69, 9.17) is 5.11 Å². The molecule has 3 aliphatic rings. The Morgan fingerprint density at radius 1 is 1.08 bits per heavy atom. The number of fused-ring (bicyclic) bond motifs is 1. The van der Waals surface area contributed by atoms with Crippen LogP contribution in [0, 0.1) is 11.8 Å². The van der Waals surface area contributed by atoms with Crippen LogP contribution >= 0.6 is 0 Å². The molecule has 0 bridgehead atoms. The van der Waals surface area contributed by atoms with Crippen LogP contribution < -0.4 is 0 Å². The van der Waals surface area contributed by atoms with E-state index in [0.29, 0.717) is 17.8 Å². The molecule has 134 valence electrons. The van der Waals surface area contributed by atoms with Crippen LogP contribution in [0.25, 0.3) is 0 Å². The number of benzene rings is 1. The molecule has 4 rings (SSSR count). The minimum Gasteiger partial charge on any atom is -0.387 e. The van der Waals surface area contributed by atoms with E-state index in [1.807, 2.05) is 4.90 Å². The normalized spacial score (nSPS) is 28.7. The van der Waals surface area contributed by atoms with Crippen molar-refractivity contribution in [3.8, 4) is 0 Å². The van der Waals surface area contributed by atoms with Crippen molar-refractivity contribution in [2.75, 3.05) is 39.3 Å². The van der Waals surface area contributed by atoms with Gasteiger partial charge in [-0.3, -0.25) is 4.79 Å². The topological polar surface area (TPSA) is 43.8 Å². The second-order valence-corrected chi connectivity index (χ2v) is 7.74. The van der Waals surface area contributed by atoms with Gasteiger partial charge in [0, 0.05) is 25.6 Å². The predicted molar refractivity (Wildman–Crippen MR) is 98.3 cm³/mol. The second-order valence-electron chi connectivity index (χ2n) is 7.74. The number of hydrogen-bond donors (Lipinski definition) is 1. The molecule has 0 spiro atoms. The van der Waals surface area contributed by atoms with Crippen LogP contribution in [0.5, 0.6) is 0 Å². The van der Waals surface area contributed by atoms with Crippen molar-refractivity contribution >= 4 is 5.91 Å². The van der Waals surface area contributed by atoms with E-state index in [1.165, 1.54) is 43.6 Å². The van der Waals surface area contributed by atoms with E-state index in [1.54, 1.807) is 0 Å². The number of carbonyl (C=O) groups excluding carboxylic acids is 1. The molecule has 1 aromatic carbocycles. The van der Waals surface area contributed by atoms with Gasteiger partial charge >= 0.3 is 0 Å². The van der Waals surface area contributed by atoms with Crippen molar-refractivity contribution in [1.29, 1.82) is 0 Å². The number of likely N-dealkylation sites (tertiary alicyclic amines) is 2. The highest BCUT2D eigenvalue weighted by molar-refractivity contribution is 5.77. The number of rotatable bonds is 5. The fourth-order valence-electron chi connectivity index (χ4n) is 4.70. The molecule has 2 aliphatic heterocycles. The highest BCUT2D eigenvalue weighted by Crippen LogP contribution is 2.42. The lowest BCUT2D eigenvalue weighted by Crippen LogP contribution is -2.31. The molecule has 2 fully saturated rings. The van der Waals surface area contributed by atoms with Gasteiger partial charge < -0.3 is 14.9 Å². The Balaban J connectivity index is 1.37. The zero-order chi connectivity index (χ0) is 17.2. The van der Waals surface area contributed by atoms with Crippen LogP contribution in [0.2, 0.25) is 0 Å². The van der Waals surface area contributed by atoms with E-state index in [0.717, 1.165) is 19.5 Å². The third kappa shape index (κ3) is 3.51. The maximum absolute atomic E-state index is 11.8. The third-order valence-corrected chi connectivity index (χ3v) is 6.21. The number of carbonyl (C=O) groups is 1. The summed E-state index contributed by atoms with van der Waals surface area (Å²) in [5.41, 5.74) is 2.77. The van der Waals surface area contributed by atoms with E-state index >= 15 is 0 Å². The van der Waals surface area contributed by atoms with Crippen LogP contribution in [0.1, 0.15) is 29.9 Å². The quantitative estimate of drug-likeness (QED) is 0.835. The lowest BCUT2D eigenvalue weighted by molar-refractivity contribution is -0.133. The molecule has 1 aromatic rings. The van der Waals surface area contributed by atoms with Crippen LogP contribution in [0.15, 0.2) is 36.4 Å². The summed E-state index contributed by atoms with van der Waals surface area (Å²) in [5, 5.41) is 9.09. The first kappa shape index (κ1) is 16.8. The van der Waals surface area contributed by atoms with Gasteiger partial charge in [0.2, 0.25) is 5.91 Å². The Bertz CT molecular complexity index is 634. The van der Waals surface area contributed by atoms with Crippen molar-refractivity contribution in [3.63, 3.8) is 0 Å². The summed E-state index contributed by atoms with van der Waals surface area (Å²) < 4.78 is 0. The number of allylic oxidation sites excluding steroid dienone is 1. The van der Waals surface area contributed by atoms with Crippen LogP contribution in [0.4, 0.5) is 0 Å². The number of aliphatic hydroxyl groups is 1. The summed E-state index contributed by atoms with van der Waals surface area (Å²) in [6.45, 7) is 4.84. The summed E-state index contributed by atoms with van der Waals surface area (Å²) in [4.78, 5) is 16.1. The molecular formula is C21H28N2O2. The minimum absolute atomic E-state index is 0.140. The molecule has 1 amide bonds. The van der Waals surface area contributed by atoms with Crippen LogP contribution in [0.3, 0.4) is 0 Å². The lowest BCUT2D eigenvalue weighted by atomic mass is 9.85. The average Bonchev–Trinajstić information content (AvgIpc) is 3.36. The van der Waals surface area contributed by atoms with Gasteiger partial charge in [0.1, 0.15) is 6.61 Å². The second kappa shape index (κ2) is 7.30. The summed E-state index contributed by atoms with van der Waals surface area (Å²) in [6.07, 6.45) is 8.42. The first-order valence-corrected chi connectivity index (χ1v) is 9.63. The van der Waals surface area contributed by atoms with Crippen LogP contribution in [-0.2, 0) is 11.2 Å². The van der Waals surface area contributed by atoms with E-state index in [2.05, 4.69) is 41.3 Å². The van der Waals surface area contributed by atoms with Crippen molar-refractivity contribution < 1.29 is 9.90 Å². The Hall–Kier alpha value is -1.65. The molecule has 3 atom stereocenters. The molecule has 1 N–H and O–H groups in total. The van der Waals surface area contributed by atoms with Crippen molar-refractivity contribution in [1.82, 2.24) is 9.80 Å². The van der Waals surface area contributed by atoms with Gasteiger partial charge in [-0.2, -0.15) is 0 Å². The van der Waals surface area contributed by atoms with Gasteiger partial charge in [0.05, 0.1) is 0 Å². The van der Waals surface area contributed by atoms with Gasteiger partial charge in [-0.25, -0.2) is 0 Å². The minimum atomic E-state index is -0.375. The summed E-state index contributed by atoms with van der Waals surface area (Å²) in [5.74, 6) is 1.16. The predicted octanol–water partition coefficient (Wildman–Crippen LogP) is 2.05. The fourth-order valence-corrected chi connectivity index (χ4v) is 4.70. The summed E-state index contributed by atoms with van der Waals surface area (Å²) in [6, 6.07) is 9.09. The van der Waals surface area contributed by atoms with Crippen molar-refractivity contribution in [2.45, 2.75) is 25.2 Å². The largest absolute Gasteiger partial charge is 0.387 e. The van der Waals surface area contributed by atoms with Crippen LogP contribution in [-0.4, -0.2) is 60.1 Å². The van der Waals surface area contributed by atoms with Crippen molar-refractivity contribution in [3.05, 3.63) is 47.5 Å². The van der Waals surface area contributed by atoms with Gasteiger partial charge in [0.15, 0.2) is 0 Å². The lowest BCUT2D eigenvalue weighted by Gasteiger charge is -2.20. The Morgan fingerprint density at radius 3 is 2.56 bits per heavy atom. The van der Waals surface area contributed by atoms with Gasteiger partial charge in [-0.15, -0.1) is 0 Å². The maximum Gasteiger partial charge on any atom is 0.248 e. The maximum atomic E-state index is 11.8. The Kier molecular flexibility index (Phi) is 4.91. The number of amides is 1. The highest BCUT2D eigenvalue weighted by atomic mass is 16.3. The average molecular weight is 340 g/mol.